The quantitative estimate of drug-likeness (QED) is 0.776. The van der Waals surface area contributed by atoms with Crippen LogP contribution < -0.4 is 10.2 Å². The molecule has 2 atom stereocenters. The second-order valence-corrected chi connectivity index (χ2v) is 8.05. The SMILES string of the molecule is CCCC(=O)N[C@H](C)[C@@H](c1cccs1)N1CCN(c2ccc(F)cc2)CC1. The molecular formula is C21H28FN3OS. The standard InChI is InChI=1S/C21H28FN3OS/c1-3-5-20(26)23-16(2)21(19-6-4-15-27-19)25-13-11-24(12-14-25)18-9-7-17(22)8-10-18/h4,6-10,15-16,21H,3,5,11-14H2,1-2H3,(H,23,26)/t16-,21+/m1/s1. The van der Waals surface area contributed by atoms with Gasteiger partial charge in [-0.25, -0.2) is 4.39 Å². The molecule has 2 aromatic rings. The number of carbonyl (C=O) groups excluding carboxylic acids is 1. The van der Waals surface area contributed by atoms with Crippen molar-refractivity contribution in [1.82, 2.24) is 10.2 Å². The fraction of sp³-hybridized carbons (Fsp3) is 0.476. The first-order valence-electron chi connectivity index (χ1n) is 9.66. The predicted molar refractivity (Wildman–Crippen MR) is 110 cm³/mol. The number of piperazine rings is 1. The number of anilines is 1. The largest absolute Gasteiger partial charge is 0.369 e. The molecule has 1 amide bonds. The molecule has 1 aromatic carbocycles. The zero-order chi connectivity index (χ0) is 19.2. The molecule has 1 aromatic heterocycles. The molecule has 1 aliphatic heterocycles. The van der Waals surface area contributed by atoms with Crippen LogP contribution in [0.3, 0.4) is 0 Å². The topological polar surface area (TPSA) is 35.6 Å². The smallest absolute Gasteiger partial charge is 0.220 e. The summed E-state index contributed by atoms with van der Waals surface area (Å²) in [5.74, 6) is -0.0803. The number of nitrogens with zero attached hydrogens (tertiary/aromatic N) is 2. The molecule has 0 aliphatic carbocycles. The summed E-state index contributed by atoms with van der Waals surface area (Å²) in [6, 6.07) is 11.2. The van der Waals surface area contributed by atoms with E-state index in [1.807, 2.05) is 19.1 Å². The number of rotatable bonds is 7. The van der Waals surface area contributed by atoms with E-state index in [9.17, 15) is 9.18 Å². The maximum Gasteiger partial charge on any atom is 0.220 e. The number of thiophene rings is 1. The first-order chi connectivity index (χ1) is 13.1. The maximum atomic E-state index is 13.2. The number of carbonyl (C=O) groups is 1. The Kier molecular flexibility index (Phi) is 6.85. The lowest BCUT2D eigenvalue weighted by Gasteiger charge is -2.42. The van der Waals surface area contributed by atoms with Crippen LogP contribution in [-0.4, -0.2) is 43.0 Å². The fourth-order valence-electron chi connectivity index (χ4n) is 3.74. The lowest BCUT2D eigenvalue weighted by atomic mass is 10.0. The van der Waals surface area contributed by atoms with Crippen LogP contribution in [0.15, 0.2) is 41.8 Å². The third-order valence-electron chi connectivity index (χ3n) is 5.07. The second-order valence-electron chi connectivity index (χ2n) is 7.07. The van der Waals surface area contributed by atoms with Crippen LogP contribution in [0, 0.1) is 5.82 Å². The van der Waals surface area contributed by atoms with Crippen LogP contribution in [0.25, 0.3) is 0 Å². The summed E-state index contributed by atoms with van der Waals surface area (Å²) in [7, 11) is 0. The van der Waals surface area contributed by atoms with Gasteiger partial charge in [0.05, 0.1) is 6.04 Å². The number of amides is 1. The van der Waals surface area contributed by atoms with E-state index < -0.39 is 0 Å². The van der Waals surface area contributed by atoms with E-state index in [2.05, 4.69) is 39.6 Å². The Morgan fingerprint density at radius 3 is 2.48 bits per heavy atom. The summed E-state index contributed by atoms with van der Waals surface area (Å²) in [6.07, 6.45) is 1.43. The third-order valence-corrected chi connectivity index (χ3v) is 6.02. The van der Waals surface area contributed by atoms with E-state index in [4.69, 9.17) is 0 Å². The summed E-state index contributed by atoms with van der Waals surface area (Å²) in [4.78, 5) is 18.2. The van der Waals surface area contributed by atoms with Gasteiger partial charge in [0, 0.05) is 49.2 Å². The van der Waals surface area contributed by atoms with E-state index >= 15 is 0 Å². The average molecular weight is 390 g/mol. The molecule has 3 rings (SSSR count). The molecule has 1 N–H and O–H groups in total. The molecular weight excluding hydrogens is 361 g/mol. The van der Waals surface area contributed by atoms with Crippen molar-refractivity contribution in [1.29, 1.82) is 0 Å². The Bertz CT molecular complexity index is 712. The van der Waals surface area contributed by atoms with Crippen LogP contribution in [0.5, 0.6) is 0 Å². The van der Waals surface area contributed by atoms with E-state index in [-0.39, 0.29) is 23.8 Å². The highest BCUT2D eigenvalue weighted by atomic mass is 32.1. The minimum absolute atomic E-state index is 0.0556. The van der Waals surface area contributed by atoms with Gasteiger partial charge in [-0.15, -0.1) is 11.3 Å². The van der Waals surface area contributed by atoms with Gasteiger partial charge in [-0.05, 0) is 49.1 Å². The van der Waals surface area contributed by atoms with E-state index in [1.54, 1.807) is 11.3 Å². The molecule has 4 nitrogen and oxygen atoms in total. The van der Waals surface area contributed by atoms with Crippen molar-refractivity contribution in [3.63, 3.8) is 0 Å². The predicted octanol–water partition coefficient (Wildman–Crippen LogP) is 4.06. The highest BCUT2D eigenvalue weighted by molar-refractivity contribution is 7.10. The molecule has 0 unspecified atom stereocenters. The second kappa shape index (κ2) is 9.33. The molecule has 0 bridgehead atoms. The van der Waals surface area contributed by atoms with Gasteiger partial charge in [-0.2, -0.15) is 0 Å². The van der Waals surface area contributed by atoms with Crippen LogP contribution >= 0.6 is 11.3 Å². The van der Waals surface area contributed by atoms with Gasteiger partial charge in [0.25, 0.3) is 0 Å². The van der Waals surface area contributed by atoms with Crippen molar-refractivity contribution in [2.75, 3.05) is 31.1 Å². The van der Waals surface area contributed by atoms with Gasteiger partial charge in [0.2, 0.25) is 5.91 Å². The Labute approximate surface area is 165 Å². The summed E-state index contributed by atoms with van der Waals surface area (Å²) in [6.45, 7) is 7.73. The first kappa shape index (κ1) is 19.8. The maximum absolute atomic E-state index is 13.2. The molecule has 1 saturated heterocycles. The average Bonchev–Trinajstić information content (AvgIpc) is 3.17. The summed E-state index contributed by atoms with van der Waals surface area (Å²) >= 11 is 1.74. The Balaban J connectivity index is 1.67. The van der Waals surface area contributed by atoms with Gasteiger partial charge in [-0.1, -0.05) is 13.0 Å². The Hall–Kier alpha value is -1.92. The monoisotopic (exact) mass is 389 g/mol. The van der Waals surface area contributed by atoms with Crippen molar-refractivity contribution in [2.24, 2.45) is 0 Å². The molecule has 0 saturated carbocycles. The molecule has 0 radical (unpaired) electrons. The zero-order valence-corrected chi connectivity index (χ0v) is 16.8. The van der Waals surface area contributed by atoms with Crippen molar-refractivity contribution in [2.45, 2.75) is 38.8 Å². The minimum Gasteiger partial charge on any atom is -0.369 e. The Morgan fingerprint density at radius 2 is 1.89 bits per heavy atom. The molecule has 2 heterocycles. The first-order valence-corrected chi connectivity index (χ1v) is 10.5. The van der Waals surface area contributed by atoms with Gasteiger partial charge in [0.15, 0.2) is 0 Å². The van der Waals surface area contributed by atoms with E-state index in [0.29, 0.717) is 6.42 Å². The van der Waals surface area contributed by atoms with Crippen molar-refractivity contribution in [3.05, 3.63) is 52.5 Å². The molecule has 1 aliphatic rings. The van der Waals surface area contributed by atoms with Crippen molar-refractivity contribution in [3.8, 4) is 0 Å². The summed E-state index contributed by atoms with van der Waals surface area (Å²) in [5.41, 5.74) is 1.06. The van der Waals surface area contributed by atoms with Crippen LogP contribution in [-0.2, 0) is 4.79 Å². The highest BCUT2D eigenvalue weighted by Crippen LogP contribution is 2.30. The number of halogens is 1. The zero-order valence-electron chi connectivity index (χ0n) is 16.0. The lowest BCUT2D eigenvalue weighted by molar-refractivity contribution is -0.122. The lowest BCUT2D eigenvalue weighted by Crippen LogP contribution is -2.52. The number of nitrogens with one attached hydrogen (secondary N) is 1. The summed E-state index contributed by atoms with van der Waals surface area (Å²) in [5, 5.41) is 5.28. The Morgan fingerprint density at radius 1 is 1.19 bits per heavy atom. The van der Waals surface area contributed by atoms with Crippen molar-refractivity contribution >= 4 is 22.9 Å². The number of benzene rings is 1. The highest BCUT2D eigenvalue weighted by Gasteiger charge is 2.30. The normalized spacial score (nSPS) is 17.5. The van der Waals surface area contributed by atoms with Gasteiger partial charge < -0.3 is 10.2 Å². The molecule has 0 spiro atoms. The van der Waals surface area contributed by atoms with E-state index in [0.717, 1.165) is 38.3 Å². The van der Waals surface area contributed by atoms with Crippen molar-refractivity contribution < 1.29 is 9.18 Å². The summed E-state index contributed by atoms with van der Waals surface area (Å²) < 4.78 is 13.2. The number of hydrogen-bond donors (Lipinski definition) is 1. The van der Waals surface area contributed by atoms with Gasteiger partial charge in [-0.3, -0.25) is 9.69 Å². The van der Waals surface area contributed by atoms with Crippen LogP contribution in [0.4, 0.5) is 10.1 Å². The van der Waals surface area contributed by atoms with Crippen LogP contribution in [0.1, 0.15) is 37.6 Å². The molecule has 146 valence electrons. The molecule has 6 heteroatoms. The number of hydrogen-bond acceptors (Lipinski definition) is 4. The van der Waals surface area contributed by atoms with E-state index in [1.165, 1.54) is 17.0 Å². The minimum atomic E-state index is -0.202. The molecule has 1 fully saturated rings. The molecule has 27 heavy (non-hydrogen) atoms. The third kappa shape index (κ3) is 5.08. The van der Waals surface area contributed by atoms with Crippen LogP contribution in [0.2, 0.25) is 0 Å². The fourth-order valence-corrected chi connectivity index (χ4v) is 4.71. The van der Waals surface area contributed by atoms with Gasteiger partial charge >= 0.3 is 0 Å². The van der Waals surface area contributed by atoms with Gasteiger partial charge in [0.1, 0.15) is 5.82 Å².